The van der Waals surface area contributed by atoms with Crippen LogP contribution in [0.5, 0.6) is 5.75 Å². The zero-order chi connectivity index (χ0) is 18.5. The number of benzene rings is 1. The number of ketones is 1. The van der Waals surface area contributed by atoms with Crippen molar-refractivity contribution in [2.24, 2.45) is 0 Å². The van der Waals surface area contributed by atoms with Crippen LogP contribution in [0, 0.1) is 10.1 Å². The molecule has 0 spiro atoms. The number of ether oxygens (including phenoxy) is 1. The third kappa shape index (κ3) is 5.00. The molecule has 1 rings (SSSR count). The second-order valence-corrected chi connectivity index (χ2v) is 11.8. The van der Waals surface area contributed by atoms with Crippen molar-refractivity contribution in [3.05, 3.63) is 46.5 Å². The fourth-order valence-corrected chi connectivity index (χ4v) is 2.77. The summed E-state index contributed by atoms with van der Waals surface area (Å²) in [4.78, 5) is 22.2. The van der Waals surface area contributed by atoms with Crippen LogP contribution in [-0.2, 0) is 4.43 Å². The first-order chi connectivity index (χ1) is 11.0. The summed E-state index contributed by atoms with van der Waals surface area (Å²) in [5, 5.41) is 11.1. The smallest absolute Gasteiger partial charge is 0.280 e. The summed E-state index contributed by atoms with van der Waals surface area (Å²) in [7, 11) is -1.84. The van der Waals surface area contributed by atoms with Crippen LogP contribution in [0.4, 0.5) is 5.69 Å². The molecule has 1 aromatic carbocycles. The van der Waals surface area contributed by atoms with Crippen molar-refractivity contribution < 1.29 is 18.9 Å². The fraction of sp³-hybridized carbons (Fsp3) is 0.471. The highest BCUT2D eigenvalue weighted by molar-refractivity contribution is 6.74. The highest BCUT2D eigenvalue weighted by Gasteiger charge is 2.36. The maximum absolute atomic E-state index is 11.8. The molecule has 0 aliphatic heterocycles. The van der Waals surface area contributed by atoms with Crippen LogP contribution in [0.25, 0.3) is 0 Å². The molecule has 0 amide bonds. The van der Waals surface area contributed by atoms with Gasteiger partial charge >= 0.3 is 0 Å². The number of carbonyl (C=O) groups is 1. The summed E-state index contributed by atoms with van der Waals surface area (Å²) < 4.78 is 11.6. The van der Waals surface area contributed by atoms with E-state index in [2.05, 4.69) is 40.4 Å². The number of nitro groups is 1. The van der Waals surface area contributed by atoms with Gasteiger partial charge in [0, 0.05) is 6.07 Å². The van der Waals surface area contributed by atoms with E-state index in [1.54, 1.807) is 0 Å². The number of hydrogen-bond acceptors (Lipinski definition) is 5. The van der Waals surface area contributed by atoms with Crippen LogP contribution < -0.4 is 4.74 Å². The van der Waals surface area contributed by atoms with Gasteiger partial charge in [0.05, 0.1) is 11.5 Å². The van der Waals surface area contributed by atoms with Gasteiger partial charge in [-0.05, 0) is 36.3 Å². The molecule has 0 aliphatic carbocycles. The molecule has 0 unspecified atom stereocenters. The van der Waals surface area contributed by atoms with Gasteiger partial charge in [-0.3, -0.25) is 14.9 Å². The predicted octanol–water partition coefficient (Wildman–Crippen LogP) is 4.36. The van der Waals surface area contributed by atoms with Crippen LogP contribution in [0.15, 0.2) is 30.9 Å². The number of hydrogen-bond donors (Lipinski definition) is 0. The minimum absolute atomic E-state index is 0.0298. The first kappa shape index (κ1) is 20.1. The molecule has 0 N–H and O–H groups in total. The van der Waals surface area contributed by atoms with Crippen molar-refractivity contribution in [1.29, 1.82) is 0 Å². The molecule has 0 fully saturated rings. The van der Waals surface area contributed by atoms with Crippen LogP contribution in [0.2, 0.25) is 18.1 Å². The van der Waals surface area contributed by atoms with E-state index in [1.165, 1.54) is 18.2 Å². The Morgan fingerprint density at radius 1 is 1.33 bits per heavy atom. The Labute approximate surface area is 143 Å². The summed E-state index contributed by atoms with van der Waals surface area (Å²) >= 11 is 0. The van der Waals surface area contributed by atoms with E-state index in [0.29, 0.717) is 19.0 Å². The molecule has 0 saturated carbocycles. The highest BCUT2D eigenvalue weighted by Crippen LogP contribution is 2.36. The second-order valence-electron chi connectivity index (χ2n) is 6.96. The molecular formula is C17H25NO5Si. The normalized spacial score (nSPS) is 11.9. The molecule has 0 saturated heterocycles. The van der Waals surface area contributed by atoms with Crippen molar-refractivity contribution in [3.8, 4) is 5.75 Å². The summed E-state index contributed by atoms with van der Waals surface area (Å²) in [6, 6.07) is 4.11. The van der Waals surface area contributed by atoms with Gasteiger partial charge in [0.1, 0.15) is 17.9 Å². The Bertz CT molecular complexity index is 634. The molecule has 7 heteroatoms. The first-order valence-corrected chi connectivity index (χ1v) is 10.6. The number of nitrogens with zero attached hydrogens (tertiary/aromatic N) is 1. The van der Waals surface area contributed by atoms with Crippen LogP contribution in [0.1, 0.15) is 31.1 Å². The molecule has 0 bridgehead atoms. The maximum Gasteiger partial charge on any atom is 0.280 e. The van der Waals surface area contributed by atoms with Gasteiger partial charge in [0.25, 0.3) is 5.69 Å². The second kappa shape index (κ2) is 7.72. The van der Waals surface area contributed by atoms with E-state index in [4.69, 9.17) is 9.16 Å². The monoisotopic (exact) mass is 351 g/mol. The van der Waals surface area contributed by atoms with Gasteiger partial charge < -0.3 is 9.16 Å². The minimum Gasteiger partial charge on any atom is -0.491 e. The molecule has 0 heterocycles. The van der Waals surface area contributed by atoms with Crippen molar-refractivity contribution in [2.75, 3.05) is 13.2 Å². The molecule has 0 atom stereocenters. The van der Waals surface area contributed by atoms with E-state index in [1.807, 2.05) is 0 Å². The van der Waals surface area contributed by atoms with Crippen molar-refractivity contribution in [1.82, 2.24) is 0 Å². The quantitative estimate of drug-likeness (QED) is 0.174. The van der Waals surface area contributed by atoms with E-state index >= 15 is 0 Å². The lowest BCUT2D eigenvalue weighted by Crippen LogP contribution is -2.41. The number of nitro benzene ring substituents is 1. The van der Waals surface area contributed by atoms with E-state index in [0.717, 1.165) is 6.08 Å². The van der Waals surface area contributed by atoms with Gasteiger partial charge in [0.15, 0.2) is 14.1 Å². The molecule has 132 valence electrons. The topological polar surface area (TPSA) is 78.7 Å². The molecule has 1 aromatic rings. The molecule has 0 radical (unpaired) electrons. The lowest BCUT2D eigenvalue weighted by atomic mass is 10.1. The van der Waals surface area contributed by atoms with Gasteiger partial charge in [-0.2, -0.15) is 0 Å². The van der Waals surface area contributed by atoms with Crippen molar-refractivity contribution in [2.45, 2.75) is 38.9 Å². The largest absolute Gasteiger partial charge is 0.491 e. The average Bonchev–Trinajstić information content (AvgIpc) is 2.49. The van der Waals surface area contributed by atoms with Gasteiger partial charge in [-0.15, -0.1) is 0 Å². The van der Waals surface area contributed by atoms with Crippen molar-refractivity contribution in [3.63, 3.8) is 0 Å². The third-order valence-electron chi connectivity index (χ3n) is 4.24. The molecule has 0 aromatic heterocycles. The summed E-state index contributed by atoms with van der Waals surface area (Å²) in [6.45, 7) is 14.9. The van der Waals surface area contributed by atoms with Crippen LogP contribution in [-0.4, -0.2) is 32.2 Å². The standard InChI is InChI=1S/C17H25NO5Si/c1-7-16(19)14-12-13(8-9-15(14)18(20)21)22-10-11-23-24(5,6)17(2,3)4/h7-9,12H,1,10-11H2,2-6H3. The van der Waals surface area contributed by atoms with Crippen LogP contribution >= 0.6 is 0 Å². The molecule has 6 nitrogen and oxygen atoms in total. The van der Waals surface area contributed by atoms with Gasteiger partial charge in [-0.25, -0.2) is 0 Å². The highest BCUT2D eigenvalue weighted by atomic mass is 28.4. The zero-order valence-corrected chi connectivity index (χ0v) is 15.9. The lowest BCUT2D eigenvalue weighted by Gasteiger charge is -2.36. The van der Waals surface area contributed by atoms with E-state index < -0.39 is 19.0 Å². The summed E-state index contributed by atoms with van der Waals surface area (Å²) in [5.41, 5.74) is -0.289. The van der Waals surface area contributed by atoms with Crippen molar-refractivity contribution >= 4 is 19.8 Å². The van der Waals surface area contributed by atoms with E-state index in [-0.39, 0.29) is 16.3 Å². The predicted molar refractivity (Wildman–Crippen MR) is 96.3 cm³/mol. The maximum atomic E-state index is 11.8. The first-order valence-electron chi connectivity index (χ1n) is 7.71. The Kier molecular flexibility index (Phi) is 6.45. The lowest BCUT2D eigenvalue weighted by molar-refractivity contribution is -0.385. The minimum atomic E-state index is -1.84. The van der Waals surface area contributed by atoms with Crippen LogP contribution in [0.3, 0.4) is 0 Å². The Morgan fingerprint density at radius 3 is 2.46 bits per heavy atom. The number of carbonyl (C=O) groups excluding carboxylic acids is 1. The Hall–Kier alpha value is -1.99. The van der Waals surface area contributed by atoms with E-state index in [9.17, 15) is 14.9 Å². The number of allylic oxidation sites excluding steroid dienone is 1. The molecule has 24 heavy (non-hydrogen) atoms. The molecular weight excluding hydrogens is 326 g/mol. The summed E-state index contributed by atoms with van der Waals surface area (Å²) in [5.74, 6) is -0.116. The summed E-state index contributed by atoms with van der Waals surface area (Å²) in [6.07, 6.45) is 1.05. The molecule has 0 aliphatic rings. The van der Waals surface area contributed by atoms with Gasteiger partial charge in [0.2, 0.25) is 0 Å². The van der Waals surface area contributed by atoms with Gasteiger partial charge in [-0.1, -0.05) is 27.4 Å². The fourth-order valence-electron chi connectivity index (χ4n) is 1.74. The number of rotatable bonds is 8. The SMILES string of the molecule is C=CC(=O)c1cc(OCCO[Si](C)(C)C(C)(C)C)ccc1[N+](=O)[O-]. The Morgan fingerprint density at radius 2 is 1.96 bits per heavy atom. The zero-order valence-electron chi connectivity index (χ0n) is 14.9. The average molecular weight is 351 g/mol. The Balaban J connectivity index is 2.75. The third-order valence-corrected chi connectivity index (χ3v) is 8.77.